The van der Waals surface area contributed by atoms with E-state index >= 15 is 0 Å². The summed E-state index contributed by atoms with van der Waals surface area (Å²) in [6.07, 6.45) is 3.11. The zero-order chi connectivity index (χ0) is 23.7. The third-order valence-corrected chi connectivity index (χ3v) is 6.68. The van der Waals surface area contributed by atoms with Gasteiger partial charge in [0.05, 0.1) is 11.6 Å². The lowest BCUT2D eigenvalue weighted by Crippen LogP contribution is -2.46. The molecule has 0 radical (unpaired) electrons. The smallest absolute Gasteiger partial charge is 0.258 e. The number of thiocarbonyl (C=S) groups is 1. The van der Waals surface area contributed by atoms with E-state index in [4.69, 9.17) is 31.2 Å². The lowest BCUT2D eigenvalue weighted by Gasteiger charge is -2.37. The Morgan fingerprint density at radius 1 is 1.09 bits per heavy atom. The van der Waals surface area contributed by atoms with Crippen molar-refractivity contribution in [2.45, 2.75) is 46.1 Å². The van der Waals surface area contributed by atoms with Gasteiger partial charge in [0.25, 0.3) is 5.89 Å². The fraction of sp³-hybridized carbons (Fsp3) is 0.346. The van der Waals surface area contributed by atoms with Crippen molar-refractivity contribution < 1.29 is 14.0 Å². The minimum Gasteiger partial charge on any atom is -0.454 e. The quantitative estimate of drug-likeness (QED) is 0.449. The summed E-state index contributed by atoms with van der Waals surface area (Å²) in [6.45, 7) is 7.46. The van der Waals surface area contributed by atoms with Crippen LogP contribution in [0.3, 0.4) is 0 Å². The first-order valence-corrected chi connectivity index (χ1v) is 12.1. The Morgan fingerprint density at radius 3 is 2.65 bits per heavy atom. The zero-order valence-electron chi connectivity index (χ0n) is 19.6. The van der Waals surface area contributed by atoms with E-state index in [1.54, 1.807) is 0 Å². The van der Waals surface area contributed by atoms with Crippen LogP contribution >= 0.6 is 12.2 Å². The normalized spacial score (nSPS) is 17.3. The Kier molecular flexibility index (Phi) is 6.24. The van der Waals surface area contributed by atoms with Gasteiger partial charge in [0, 0.05) is 17.8 Å². The van der Waals surface area contributed by atoms with E-state index in [0.29, 0.717) is 17.5 Å². The largest absolute Gasteiger partial charge is 0.454 e. The topological polar surface area (TPSA) is 72.7 Å². The summed E-state index contributed by atoms with van der Waals surface area (Å²) in [4.78, 5) is 6.92. The number of aromatic nitrogens is 2. The van der Waals surface area contributed by atoms with Crippen LogP contribution in [0, 0.1) is 0 Å². The molecule has 2 aliphatic rings. The van der Waals surface area contributed by atoms with Gasteiger partial charge in [-0.15, -0.1) is 0 Å². The second-order valence-corrected chi connectivity index (χ2v) is 8.86. The van der Waals surface area contributed by atoms with E-state index in [9.17, 15) is 0 Å². The fourth-order valence-corrected chi connectivity index (χ4v) is 4.67. The van der Waals surface area contributed by atoms with Gasteiger partial charge in [-0.2, -0.15) is 4.98 Å². The maximum absolute atomic E-state index is 5.83. The molecule has 1 unspecified atom stereocenters. The predicted molar refractivity (Wildman–Crippen MR) is 134 cm³/mol. The number of rotatable bonds is 7. The molecule has 0 saturated heterocycles. The third-order valence-electron chi connectivity index (χ3n) is 6.34. The molecule has 0 aliphatic carbocycles. The highest BCUT2D eigenvalue weighted by atomic mass is 32.1. The second-order valence-electron chi connectivity index (χ2n) is 8.47. The van der Waals surface area contributed by atoms with Crippen molar-refractivity contribution in [1.29, 1.82) is 0 Å². The molecule has 0 bridgehead atoms. The summed E-state index contributed by atoms with van der Waals surface area (Å²) in [5.41, 5.74) is 5.17. The van der Waals surface area contributed by atoms with Crippen LogP contribution in [0.4, 0.5) is 0 Å². The number of aryl methyl sites for hydroxylation is 1. The monoisotopic (exact) mass is 476 g/mol. The molecule has 8 heteroatoms. The maximum atomic E-state index is 5.83. The minimum atomic E-state index is -0.179. The van der Waals surface area contributed by atoms with Gasteiger partial charge >= 0.3 is 0 Å². The van der Waals surface area contributed by atoms with Crippen molar-refractivity contribution in [3.63, 3.8) is 0 Å². The summed E-state index contributed by atoms with van der Waals surface area (Å²) in [5.74, 6) is 2.38. The maximum Gasteiger partial charge on any atom is 0.258 e. The van der Waals surface area contributed by atoms with Crippen molar-refractivity contribution in [3.8, 4) is 22.9 Å². The molecule has 0 fully saturated rings. The molecule has 176 valence electrons. The first-order valence-electron chi connectivity index (χ1n) is 11.7. The predicted octanol–water partition coefficient (Wildman–Crippen LogP) is 5.49. The molecule has 0 amide bonds. The number of benzene rings is 2. The van der Waals surface area contributed by atoms with E-state index in [0.717, 1.165) is 59.1 Å². The fourth-order valence-electron chi connectivity index (χ4n) is 4.33. The summed E-state index contributed by atoms with van der Waals surface area (Å²) >= 11 is 5.76. The van der Waals surface area contributed by atoms with Crippen LogP contribution < -0.4 is 14.8 Å². The summed E-state index contributed by atoms with van der Waals surface area (Å²) < 4.78 is 16.8. The van der Waals surface area contributed by atoms with Crippen molar-refractivity contribution in [3.05, 3.63) is 65.2 Å². The molecule has 1 aromatic heterocycles. The number of hydrogen-bond acceptors (Lipinski definition) is 6. The first-order chi connectivity index (χ1) is 16.6. The third kappa shape index (κ3) is 4.14. The molecule has 2 aliphatic heterocycles. The number of nitrogens with zero attached hydrogens (tertiary/aromatic N) is 3. The molecular weight excluding hydrogens is 448 g/mol. The highest BCUT2D eigenvalue weighted by Gasteiger charge is 2.34. The number of fused-ring (bicyclic) bond motifs is 1. The Labute approximate surface area is 204 Å². The van der Waals surface area contributed by atoms with E-state index in [-0.39, 0.29) is 12.8 Å². The number of unbranched alkanes of at least 4 members (excludes halogenated alkanes) is 1. The number of nitrogens with one attached hydrogen (secondary N) is 1. The summed E-state index contributed by atoms with van der Waals surface area (Å²) in [5, 5.41) is 8.53. The molecular formula is C26H28N4O3S. The van der Waals surface area contributed by atoms with Crippen molar-refractivity contribution in [2.75, 3.05) is 13.3 Å². The molecule has 0 spiro atoms. The molecule has 3 aromatic rings. The van der Waals surface area contributed by atoms with Gasteiger partial charge in [-0.3, -0.25) is 0 Å². The van der Waals surface area contributed by atoms with Crippen LogP contribution in [0.5, 0.6) is 11.5 Å². The molecule has 3 heterocycles. The molecule has 2 aromatic carbocycles. The lowest BCUT2D eigenvalue weighted by molar-refractivity contribution is 0.174. The van der Waals surface area contributed by atoms with E-state index in [2.05, 4.69) is 60.4 Å². The number of ether oxygens (including phenoxy) is 2. The molecule has 0 saturated carbocycles. The molecule has 1 atom stereocenters. The first kappa shape index (κ1) is 22.4. The SMILES string of the molecule is CCCCN1C(=S)NC(c2ccc(CC)cc2)C(c2nc(-c3ccc4c(c3)OCO4)no2)=C1C. The lowest BCUT2D eigenvalue weighted by atomic mass is 9.93. The van der Waals surface area contributed by atoms with Gasteiger partial charge in [-0.25, -0.2) is 0 Å². The van der Waals surface area contributed by atoms with Crippen LogP contribution in [0.2, 0.25) is 0 Å². The van der Waals surface area contributed by atoms with Gasteiger partial charge in [0.15, 0.2) is 16.6 Å². The molecule has 7 nitrogen and oxygen atoms in total. The van der Waals surface area contributed by atoms with Crippen LogP contribution in [-0.2, 0) is 6.42 Å². The minimum absolute atomic E-state index is 0.179. The molecule has 1 N–H and O–H groups in total. The van der Waals surface area contributed by atoms with Crippen molar-refractivity contribution >= 4 is 22.9 Å². The Morgan fingerprint density at radius 2 is 1.88 bits per heavy atom. The van der Waals surface area contributed by atoms with E-state index in [1.165, 1.54) is 5.56 Å². The van der Waals surface area contributed by atoms with Crippen LogP contribution in [0.25, 0.3) is 17.0 Å². The van der Waals surface area contributed by atoms with E-state index in [1.807, 2.05) is 18.2 Å². The average molecular weight is 477 g/mol. The van der Waals surface area contributed by atoms with E-state index < -0.39 is 0 Å². The Bertz CT molecular complexity index is 1240. The van der Waals surface area contributed by atoms with Crippen LogP contribution in [0.15, 0.2) is 52.7 Å². The zero-order valence-corrected chi connectivity index (χ0v) is 20.4. The molecule has 34 heavy (non-hydrogen) atoms. The van der Waals surface area contributed by atoms with Gasteiger partial charge in [-0.05, 0) is 61.3 Å². The van der Waals surface area contributed by atoms with Crippen molar-refractivity contribution in [1.82, 2.24) is 20.4 Å². The molecule has 5 rings (SSSR count). The standard InChI is InChI=1S/C26H28N4O3S/c1-4-6-13-30-16(3)22(23(27-26(30)34)18-9-7-17(5-2)8-10-18)25-28-24(29-33-25)19-11-12-20-21(14-19)32-15-31-20/h7-12,14,23H,4-6,13,15H2,1-3H3,(H,27,34). The Balaban J connectivity index is 1.55. The van der Waals surface area contributed by atoms with Gasteiger partial charge in [0.1, 0.15) is 0 Å². The highest BCUT2D eigenvalue weighted by molar-refractivity contribution is 7.80. The van der Waals surface area contributed by atoms with Gasteiger partial charge in [0.2, 0.25) is 12.6 Å². The van der Waals surface area contributed by atoms with Gasteiger partial charge < -0.3 is 24.2 Å². The van der Waals surface area contributed by atoms with Crippen molar-refractivity contribution in [2.24, 2.45) is 0 Å². The summed E-state index contributed by atoms with van der Waals surface area (Å²) in [6, 6.07) is 14.1. The van der Waals surface area contributed by atoms with Crippen LogP contribution in [-0.4, -0.2) is 33.5 Å². The number of allylic oxidation sites excluding steroid dienone is 1. The second kappa shape index (κ2) is 9.46. The summed E-state index contributed by atoms with van der Waals surface area (Å²) in [7, 11) is 0. The highest BCUT2D eigenvalue weighted by Crippen LogP contribution is 2.39. The Hall–Kier alpha value is -3.39. The average Bonchev–Trinajstić information content (AvgIpc) is 3.53. The number of hydrogen-bond donors (Lipinski definition) is 1. The van der Waals surface area contributed by atoms with Crippen LogP contribution in [0.1, 0.15) is 56.7 Å². The van der Waals surface area contributed by atoms with Gasteiger partial charge in [-0.1, -0.05) is 49.7 Å².